The molecule has 0 fully saturated rings. The molecule has 7 heteroatoms. The molecule has 0 bridgehead atoms. The Labute approximate surface area is 154 Å². The number of hydrogen-bond acceptors (Lipinski definition) is 7. The second kappa shape index (κ2) is 8.26. The van der Waals surface area contributed by atoms with Crippen LogP contribution in [0, 0.1) is 0 Å². The predicted molar refractivity (Wildman–Crippen MR) is 99.3 cm³/mol. The van der Waals surface area contributed by atoms with E-state index in [1.807, 2.05) is 29.6 Å². The van der Waals surface area contributed by atoms with Crippen LogP contribution in [0.3, 0.4) is 0 Å². The average molecular weight is 368 g/mol. The van der Waals surface area contributed by atoms with Crippen molar-refractivity contribution in [3.63, 3.8) is 0 Å². The summed E-state index contributed by atoms with van der Waals surface area (Å²) in [5, 5.41) is 5.72. The van der Waals surface area contributed by atoms with E-state index < -0.39 is 5.97 Å². The van der Waals surface area contributed by atoms with Crippen LogP contribution in [0.2, 0.25) is 0 Å². The van der Waals surface area contributed by atoms with Gasteiger partial charge in [-0.25, -0.2) is 9.78 Å². The quantitative estimate of drug-likeness (QED) is 0.500. The van der Waals surface area contributed by atoms with Gasteiger partial charge in [0.15, 0.2) is 5.13 Å². The van der Waals surface area contributed by atoms with Crippen molar-refractivity contribution in [2.45, 2.75) is 6.61 Å². The number of hydrogen-bond donors (Lipinski definition) is 1. The maximum atomic E-state index is 12.0. The monoisotopic (exact) mass is 368 g/mol. The van der Waals surface area contributed by atoms with Crippen molar-refractivity contribution in [1.29, 1.82) is 0 Å². The number of thiazole rings is 1. The summed E-state index contributed by atoms with van der Waals surface area (Å²) in [6.45, 7) is 0.0784. The molecule has 1 heterocycles. The maximum absolute atomic E-state index is 12.0. The highest BCUT2D eigenvalue weighted by molar-refractivity contribution is 7.13. The molecule has 3 aromatic rings. The van der Waals surface area contributed by atoms with Crippen LogP contribution >= 0.6 is 11.3 Å². The van der Waals surface area contributed by atoms with Crippen molar-refractivity contribution in [1.82, 2.24) is 4.98 Å². The third-order valence-electron chi connectivity index (χ3n) is 3.53. The molecule has 132 valence electrons. The van der Waals surface area contributed by atoms with Gasteiger partial charge in [-0.2, -0.15) is 0 Å². The lowest BCUT2D eigenvalue weighted by atomic mass is 10.1. The van der Waals surface area contributed by atoms with Gasteiger partial charge in [0.2, 0.25) is 0 Å². The van der Waals surface area contributed by atoms with Crippen LogP contribution < -0.4 is 10.1 Å². The number of rotatable bonds is 7. The first kappa shape index (κ1) is 17.6. The first-order chi connectivity index (χ1) is 12.7. The molecule has 0 radical (unpaired) electrons. The Morgan fingerprint density at radius 2 is 1.88 bits per heavy atom. The number of nitrogens with one attached hydrogen (secondary N) is 1. The third-order valence-corrected chi connectivity index (χ3v) is 4.33. The van der Waals surface area contributed by atoms with Gasteiger partial charge >= 0.3 is 5.97 Å². The van der Waals surface area contributed by atoms with E-state index >= 15 is 0 Å². The minimum absolute atomic E-state index is 0.0784. The topological polar surface area (TPSA) is 77.5 Å². The molecular formula is C19H16N2O4S. The molecule has 1 N–H and O–H groups in total. The largest absolute Gasteiger partial charge is 0.497 e. The van der Waals surface area contributed by atoms with E-state index in [0.29, 0.717) is 22.0 Å². The number of anilines is 2. The van der Waals surface area contributed by atoms with Gasteiger partial charge in [0.25, 0.3) is 0 Å². The summed E-state index contributed by atoms with van der Waals surface area (Å²) in [6, 6.07) is 13.8. The summed E-state index contributed by atoms with van der Waals surface area (Å²) in [6.07, 6.45) is 0.724. The molecule has 0 amide bonds. The summed E-state index contributed by atoms with van der Waals surface area (Å²) < 4.78 is 10.4. The minimum Gasteiger partial charge on any atom is -0.497 e. The molecule has 0 aliphatic heterocycles. The fourth-order valence-electron chi connectivity index (χ4n) is 2.15. The highest BCUT2D eigenvalue weighted by atomic mass is 32.1. The van der Waals surface area contributed by atoms with Gasteiger partial charge in [-0.1, -0.05) is 12.1 Å². The number of esters is 1. The van der Waals surface area contributed by atoms with Crippen molar-refractivity contribution in [2.75, 3.05) is 12.4 Å². The summed E-state index contributed by atoms with van der Waals surface area (Å²) in [4.78, 5) is 27.0. The Kier molecular flexibility index (Phi) is 5.60. The molecule has 0 aliphatic carbocycles. The number of benzene rings is 2. The highest BCUT2D eigenvalue weighted by Crippen LogP contribution is 2.23. The van der Waals surface area contributed by atoms with Crippen molar-refractivity contribution in [2.24, 2.45) is 0 Å². The molecule has 1 aromatic heterocycles. The Hall–Kier alpha value is -3.19. The normalized spacial score (nSPS) is 10.2. The van der Waals surface area contributed by atoms with Gasteiger partial charge in [-0.05, 0) is 36.4 Å². The molecule has 0 unspecified atom stereocenters. The van der Waals surface area contributed by atoms with Gasteiger partial charge in [0.05, 0.1) is 18.4 Å². The van der Waals surface area contributed by atoms with Crippen molar-refractivity contribution in [3.8, 4) is 5.75 Å². The van der Waals surface area contributed by atoms with Gasteiger partial charge in [-0.3, -0.25) is 4.79 Å². The Bertz CT molecular complexity index is 889. The SMILES string of the molecule is COc1ccc(Nc2nc(COC(=O)c3ccc(C=O)cc3)cs2)cc1. The van der Waals surface area contributed by atoms with Crippen LogP contribution in [0.25, 0.3) is 0 Å². The Balaban J connectivity index is 1.55. The molecular weight excluding hydrogens is 352 g/mol. The van der Waals surface area contributed by atoms with E-state index in [4.69, 9.17) is 9.47 Å². The third kappa shape index (κ3) is 4.46. The number of carbonyl (C=O) groups is 2. The number of nitrogens with zero attached hydrogens (tertiary/aromatic N) is 1. The zero-order valence-corrected chi connectivity index (χ0v) is 14.8. The number of carbonyl (C=O) groups excluding carboxylic acids is 2. The van der Waals surface area contributed by atoms with Crippen LogP contribution in [0.15, 0.2) is 53.9 Å². The minimum atomic E-state index is -0.458. The molecule has 0 atom stereocenters. The molecule has 0 saturated carbocycles. The fraction of sp³-hybridized carbons (Fsp3) is 0.105. The molecule has 6 nitrogen and oxygen atoms in total. The van der Waals surface area contributed by atoms with Crippen molar-refractivity contribution >= 4 is 34.4 Å². The molecule has 2 aromatic carbocycles. The number of aromatic nitrogens is 1. The summed E-state index contributed by atoms with van der Waals surface area (Å²) >= 11 is 1.42. The number of aldehydes is 1. The molecule has 3 rings (SSSR count). The van der Waals surface area contributed by atoms with Gasteiger partial charge in [0.1, 0.15) is 18.6 Å². The smallest absolute Gasteiger partial charge is 0.338 e. The van der Waals surface area contributed by atoms with Crippen LogP contribution in [-0.2, 0) is 11.3 Å². The first-order valence-electron chi connectivity index (χ1n) is 7.76. The van der Waals surface area contributed by atoms with Crippen LogP contribution in [-0.4, -0.2) is 24.3 Å². The Morgan fingerprint density at radius 3 is 2.54 bits per heavy atom. The zero-order chi connectivity index (χ0) is 18.4. The standard InChI is InChI=1S/C19H16N2O4S/c1-24-17-8-6-15(7-9-17)20-19-21-16(12-26-19)11-25-18(23)14-4-2-13(10-22)3-5-14/h2-10,12H,11H2,1H3,(H,20,21). The fourth-order valence-corrected chi connectivity index (χ4v) is 2.86. The van der Waals surface area contributed by atoms with E-state index in [1.165, 1.54) is 11.3 Å². The zero-order valence-electron chi connectivity index (χ0n) is 14.0. The van der Waals surface area contributed by atoms with E-state index in [2.05, 4.69) is 10.3 Å². The average Bonchev–Trinajstić information content (AvgIpc) is 3.14. The summed E-state index contributed by atoms with van der Waals surface area (Å²) in [5.74, 6) is 0.323. The molecule has 0 aliphatic rings. The van der Waals surface area contributed by atoms with E-state index in [0.717, 1.165) is 17.7 Å². The number of methoxy groups -OCH3 is 1. The summed E-state index contributed by atoms with van der Waals surface area (Å²) in [7, 11) is 1.62. The van der Waals surface area contributed by atoms with E-state index in [-0.39, 0.29) is 6.61 Å². The maximum Gasteiger partial charge on any atom is 0.338 e. The van der Waals surface area contributed by atoms with Crippen LogP contribution in [0.4, 0.5) is 10.8 Å². The van der Waals surface area contributed by atoms with Gasteiger partial charge in [0, 0.05) is 16.6 Å². The van der Waals surface area contributed by atoms with Gasteiger partial charge in [-0.15, -0.1) is 11.3 Å². The molecule has 0 saturated heterocycles. The lowest BCUT2D eigenvalue weighted by Gasteiger charge is -2.04. The van der Waals surface area contributed by atoms with Crippen molar-refractivity contribution < 1.29 is 19.1 Å². The van der Waals surface area contributed by atoms with E-state index in [1.54, 1.807) is 31.4 Å². The predicted octanol–water partition coefficient (Wildman–Crippen LogP) is 4.06. The Morgan fingerprint density at radius 1 is 1.15 bits per heavy atom. The van der Waals surface area contributed by atoms with Crippen molar-refractivity contribution in [3.05, 3.63) is 70.7 Å². The lowest BCUT2D eigenvalue weighted by molar-refractivity contribution is 0.0468. The lowest BCUT2D eigenvalue weighted by Crippen LogP contribution is -2.05. The second-order valence-electron chi connectivity index (χ2n) is 5.31. The van der Waals surface area contributed by atoms with E-state index in [9.17, 15) is 9.59 Å². The number of ether oxygens (including phenoxy) is 2. The first-order valence-corrected chi connectivity index (χ1v) is 8.64. The molecule has 26 heavy (non-hydrogen) atoms. The van der Waals surface area contributed by atoms with Crippen LogP contribution in [0.1, 0.15) is 26.4 Å². The van der Waals surface area contributed by atoms with Crippen LogP contribution in [0.5, 0.6) is 5.75 Å². The molecule has 0 spiro atoms. The highest BCUT2D eigenvalue weighted by Gasteiger charge is 2.09. The summed E-state index contributed by atoms with van der Waals surface area (Å²) in [5.41, 5.74) is 2.44. The second-order valence-corrected chi connectivity index (χ2v) is 6.17. The van der Waals surface area contributed by atoms with Gasteiger partial charge < -0.3 is 14.8 Å².